The van der Waals surface area contributed by atoms with Gasteiger partial charge in [0.25, 0.3) is 0 Å². The third-order valence-corrected chi connectivity index (χ3v) is 2.72. The lowest BCUT2D eigenvalue weighted by Crippen LogP contribution is -2.12. The Hall–Kier alpha value is -2.17. The summed E-state index contributed by atoms with van der Waals surface area (Å²) in [6.45, 7) is 6.31. The first-order valence-corrected chi connectivity index (χ1v) is 6.61. The van der Waals surface area contributed by atoms with Crippen molar-refractivity contribution in [1.29, 1.82) is 5.41 Å². The van der Waals surface area contributed by atoms with Crippen LogP contribution in [-0.4, -0.2) is 30.6 Å². The number of ether oxygens (including phenoxy) is 1. The highest BCUT2D eigenvalue weighted by atomic mass is 16.5. The lowest BCUT2D eigenvalue weighted by Gasteiger charge is -2.11. The zero-order chi connectivity index (χ0) is 15.1. The molecule has 1 aromatic rings. The van der Waals surface area contributed by atoms with Crippen LogP contribution < -0.4 is 5.32 Å². The molecule has 0 saturated carbocycles. The Morgan fingerprint density at radius 1 is 1.30 bits per heavy atom. The predicted molar refractivity (Wildman–Crippen MR) is 78.7 cm³/mol. The van der Waals surface area contributed by atoms with Gasteiger partial charge in [-0.2, -0.15) is 0 Å². The normalized spacial score (nSPS) is 9.95. The molecule has 0 spiro atoms. The number of hydrogen-bond acceptors (Lipinski definition) is 5. The molecular weight excluding hydrogens is 256 g/mol. The second-order valence-corrected chi connectivity index (χ2v) is 4.32. The Kier molecular flexibility index (Phi) is 5.90. The van der Waals surface area contributed by atoms with Crippen molar-refractivity contribution in [3.05, 3.63) is 29.3 Å². The number of ketones is 1. The molecular formula is C15H20N2O3. The third-order valence-electron chi connectivity index (χ3n) is 2.72. The van der Waals surface area contributed by atoms with Gasteiger partial charge in [-0.3, -0.25) is 9.59 Å². The molecule has 0 heterocycles. The van der Waals surface area contributed by atoms with Gasteiger partial charge in [-0.05, 0) is 39.0 Å². The highest BCUT2D eigenvalue weighted by Gasteiger charge is 2.15. The van der Waals surface area contributed by atoms with Crippen molar-refractivity contribution in [3.8, 4) is 0 Å². The van der Waals surface area contributed by atoms with Crippen molar-refractivity contribution in [3.63, 3.8) is 0 Å². The number of benzene rings is 1. The van der Waals surface area contributed by atoms with Crippen molar-refractivity contribution in [2.24, 2.45) is 0 Å². The number of anilines is 1. The van der Waals surface area contributed by atoms with Gasteiger partial charge in [-0.25, -0.2) is 0 Å². The van der Waals surface area contributed by atoms with E-state index in [2.05, 4.69) is 5.32 Å². The van der Waals surface area contributed by atoms with Crippen LogP contribution in [0.3, 0.4) is 0 Å². The van der Waals surface area contributed by atoms with Gasteiger partial charge in [-0.1, -0.05) is 0 Å². The van der Waals surface area contributed by atoms with E-state index in [1.165, 1.54) is 0 Å². The Bertz CT molecular complexity index is 524. The van der Waals surface area contributed by atoms with E-state index in [9.17, 15) is 9.59 Å². The van der Waals surface area contributed by atoms with Crippen LogP contribution in [0.2, 0.25) is 0 Å². The molecule has 0 aliphatic rings. The molecule has 0 bridgehead atoms. The van der Waals surface area contributed by atoms with E-state index in [1.54, 1.807) is 32.0 Å². The predicted octanol–water partition coefficient (Wildman–Crippen LogP) is 2.64. The molecule has 108 valence electrons. The summed E-state index contributed by atoms with van der Waals surface area (Å²) in [6, 6.07) is 5.06. The van der Waals surface area contributed by atoms with Gasteiger partial charge in [0, 0.05) is 29.1 Å². The molecule has 0 aliphatic heterocycles. The van der Waals surface area contributed by atoms with E-state index < -0.39 is 5.97 Å². The minimum atomic E-state index is -0.526. The monoisotopic (exact) mass is 276 g/mol. The van der Waals surface area contributed by atoms with E-state index in [0.717, 1.165) is 12.2 Å². The van der Waals surface area contributed by atoms with E-state index >= 15 is 0 Å². The SMILES string of the molecule is CCNc1ccc(C(=O)CC(=O)OCC)cc1C(C)=N. The van der Waals surface area contributed by atoms with Crippen molar-refractivity contribution in [2.75, 3.05) is 18.5 Å². The molecule has 0 aromatic heterocycles. The molecule has 0 aliphatic carbocycles. The molecule has 5 nitrogen and oxygen atoms in total. The quantitative estimate of drug-likeness (QED) is 0.347. The number of Topliss-reactive ketones (excluding diaryl/α,β-unsaturated/α-hetero) is 1. The number of rotatable bonds is 7. The summed E-state index contributed by atoms with van der Waals surface area (Å²) in [6.07, 6.45) is -0.273. The molecule has 1 aromatic carbocycles. The van der Waals surface area contributed by atoms with Crippen LogP contribution in [0.4, 0.5) is 5.69 Å². The molecule has 1 rings (SSSR count). The minimum absolute atomic E-state index is 0.260. The van der Waals surface area contributed by atoms with E-state index in [4.69, 9.17) is 10.1 Å². The number of esters is 1. The zero-order valence-corrected chi connectivity index (χ0v) is 12.1. The second-order valence-electron chi connectivity index (χ2n) is 4.32. The average molecular weight is 276 g/mol. The smallest absolute Gasteiger partial charge is 0.313 e. The molecule has 0 fully saturated rings. The molecule has 0 radical (unpaired) electrons. The van der Waals surface area contributed by atoms with Crippen LogP contribution >= 0.6 is 0 Å². The molecule has 0 atom stereocenters. The number of carbonyl (C=O) groups excluding carboxylic acids is 2. The Labute approximate surface area is 118 Å². The fourth-order valence-electron chi connectivity index (χ4n) is 1.82. The van der Waals surface area contributed by atoms with Gasteiger partial charge < -0.3 is 15.5 Å². The molecule has 2 N–H and O–H groups in total. The maximum atomic E-state index is 12.0. The van der Waals surface area contributed by atoms with Crippen molar-refractivity contribution in [1.82, 2.24) is 0 Å². The summed E-state index contributed by atoms with van der Waals surface area (Å²) >= 11 is 0. The first-order valence-electron chi connectivity index (χ1n) is 6.61. The van der Waals surface area contributed by atoms with Crippen molar-refractivity contribution in [2.45, 2.75) is 27.2 Å². The maximum Gasteiger partial charge on any atom is 0.313 e. The first-order chi connectivity index (χ1) is 9.49. The summed E-state index contributed by atoms with van der Waals surface area (Å²) in [4.78, 5) is 23.3. The largest absolute Gasteiger partial charge is 0.466 e. The van der Waals surface area contributed by atoms with Crippen molar-refractivity contribution >= 4 is 23.2 Å². The molecule has 0 unspecified atom stereocenters. The third kappa shape index (κ3) is 4.19. The fourth-order valence-corrected chi connectivity index (χ4v) is 1.82. The lowest BCUT2D eigenvalue weighted by molar-refractivity contribution is -0.141. The highest BCUT2D eigenvalue weighted by Crippen LogP contribution is 2.19. The van der Waals surface area contributed by atoms with Crippen LogP contribution in [0, 0.1) is 5.41 Å². The van der Waals surface area contributed by atoms with Gasteiger partial charge in [0.05, 0.1) is 6.61 Å². The molecule has 0 amide bonds. The topological polar surface area (TPSA) is 79.2 Å². The molecule has 20 heavy (non-hydrogen) atoms. The molecule has 0 saturated heterocycles. The fraction of sp³-hybridized carbons (Fsp3) is 0.400. The number of hydrogen-bond donors (Lipinski definition) is 2. The summed E-state index contributed by atoms with van der Waals surface area (Å²) < 4.78 is 4.76. The standard InChI is InChI=1S/C15H20N2O3/c1-4-17-13-7-6-11(8-12(13)10(3)16)14(18)9-15(19)20-5-2/h6-8,16-17H,4-5,9H2,1-3H3. The van der Waals surface area contributed by atoms with Gasteiger partial charge in [0.2, 0.25) is 0 Å². The van der Waals surface area contributed by atoms with E-state index in [1.807, 2.05) is 6.92 Å². The van der Waals surface area contributed by atoms with E-state index in [0.29, 0.717) is 16.8 Å². The van der Waals surface area contributed by atoms with Crippen LogP contribution in [-0.2, 0) is 9.53 Å². The lowest BCUT2D eigenvalue weighted by atomic mass is 10.0. The van der Waals surface area contributed by atoms with Gasteiger partial charge >= 0.3 is 5.97 Å². The van der Waals surface area contributed by atoms with Crippen LogP contribution in [0.5, 0.6) is 0 Å². The van der Waals surface area contributed by atoms with Gasteiger partial charge in [0.1, 0.15) is 6.42 Å². The number of carbonyl (C=O) groups is 2. The van der Waals surface area contributed by atoms with Crippen LogP contribution in [0.1, 0.15) is 43.1 Å². The van der Waals surface area contributed by atoms with Crippen LogP contribution in [0.25, 0.3) is 0 Å². The highest BCUT2D eigenvalue weighted by molar-refractivity contribution is 6.09. The summed E-state index contributed by atoms with van der Waals surface area (Å²) in [5, 5.41) is 10.9. The Balaban J connectivity index is 2.96. The van der Waals surface area contributed by atoms with Crippen molar-refractivity contribution < 1.29 is 14.3 Å². The maximum absolute atomic E-state index is 12.0. The van der Waals surface area contributed by atoms with Gasteiger partial charge in [-0.15, -0.1) is 0 Å². The Morgan fingerprint density at radius 2 is 2.00 bits per heavy atom. The summed E-state index contributed by atoms with van der Waals surface area (Å²) in [5.41, 5.74) is 2.27. The Morgan fingerprint density at radius 3 is 2.55 bits per heavy atom. The second kappa shape index (κ2) is 7.43. The summed E-state index contributed by atoms with van der Waals surface area (Å²) in [7, 11) is 0. The first kappa shape index (κ1) is 15.9. The minimum Gasteiger partial charge on any atom is -0.466 e. The van der Waals surface area contributed by atoms with E-state index in [-0.39, 0.29) is 18.8 Å². The molecule has 5 heteroatoms. The number of nitrogens with one attached hydrogen (secondary N) is 2. The van der Waals surface area contributed by atoms with Gasteiger partial charge in [0.15, 0.2) is 5.78 Å². The zero-order valence-electron chi connectivity index (χ0n) is 12.1. The summed E-state index contributed by atoms with van der Waals surface area (Å²) in [5.74, 6) is -0.824. The van der Waals surface area contributed by atoms with Crippen LogP contribution in [0.15, 0.2) is 18.2 Å². The average Bonchev–Trinajstić information content (AvgIpc) is 2.39.